The highest BCUT2D eigenvalue weighted by molar-refractivity contribution is 5.96. The van der Waals surface area contributed by atoms with Gasteiger partial charge in [0.05, 0.1) is 24.5 Å². The molecular formula is C21H27N3O6. The van der Waals surface area contributed by atoms with Gasteiger partial charge in [0.15, 0.2) is 6.23 Å². The lowest BCUT2D eigenvalue weighted by molar-refractivity contribution is -0.149. The van der Waals surface area contributed by atoms with Gasteiger partial charge in [-0.3, -0.25) is 14.2 Å². The van der Waals surface area contributed by atoms with Gasteiger partial charge in [0, 0.05) is 12.6 Å². The summed E-state index contributed by atoms with van der Waals surface area (Å²) in [4.78, 5) is 41.3. The topological polar surface area (TPSA) is 120 Å². The molecule has 1 amide bonds. The number of allylic oxidation sites excluding steroid dienone is 2. The summed E-state index contributed by atoms with van der Waals surface area (Å²) in [5.41, 5.74) is -0.652. The molecule has 1 aromatic heterocycles. The van der Waals surface area contributed by atoms with Crippen LogP contribution in [-0.2, 0) is 19.1 Å². The summed E-state index contributed by atoms with van der Waals surface area (Å²) < 4.78 is 12.0. The molecule has 9 heteroatoms. The summed E-state index contributed by atoms with van der Waals surface area (Å²) in [6.45, 7) is 4.12. The fraction of sp³-hybridized carbons (Fsp3) is 0.524. The van der Waals surface area contributed by atoms with Crippen LogP contribution in [-0.4, -0.2) is 45.3 Å². The first-order valence-electron chi connectivity index (χ1n) is 10.2. The summed E-state index contributed by atoms with van der Waals surface area (Å²) in [5, 5.41) is 12.6. The van der Waals surface area contributed by atoms with Crippen LogP contribution >= 0.6 is 0 Å². The molecule has 0 spiro atoms. The molecule has 2 unspecified atom stereocenters. The van der Waals surface area contributed by atoms with Gasteiger partial charge < -0.3 is 19.9 Å². The van der Waals surface area contributed by atoms with Crippen LogP contribution in [0.1, 0.15) is 39.3 Å². The zero-order chi connectivity index (χ0) is 21.7. The largest absolute Gasteiger partial charge is 0.465 e. The molecule has 0 saturated carbocycles. The maximum absolute atomic E-state index is 12.7. The highest BCUT2D eigenvalue weighted by Gasteiger charge is 2.34. The Morgan fingerprint density at radius 3 is 2.70 bits per heavy atom. The number of amides is 1. The summed E-state index contributed by atoms with van der Waals surface area (Å²) in [6, 6.07) is 1.45. The minimum atomic E-state index is -0.807. The monoisotopic (exact) mass is 417 g/mol. The number of carbonyl (C=O) groups is 2. The molecule has 30 heavy (non-hydrogen) atoms. The smallest absolute Gasteiger partial charge is 0.351 e. The van der Waals surface area contributed by atoms with Crippen molar-refractivity contribution in [2.24, 2.45) is 11.8 Å². The maximum Gasteiger partial charge on any atom is 0.351 e. The molecule has 1 saturated heterocycles. The van der Waals surface area contributed by atoms with E-state index in [1.54, 1.807) is 24.3 Å². The van der Waals surface area contributed by atoms with Crippen molar-refractivity contribution in [3.63, 3.8) is 0 Å². The molecule has 2 aliphatic rings. The zero-order valence-corrected chi connectivity index (χ0v) is 17.1. The van der Waals surface area contributed by atoms with Crippen LogP contribution in [0.5, 0.6) is 0 Å². The van der Waals surface area contributed by atoms with Gasteiger partial charge in [0.25, 0.3) is 0 Å². The first-order valence-corrected chi connectivity index (χ1v) is 10.2. The van der Waals surface area contributed by atoms with Gasteiger partial charge in [-0.05, 0) is 19.4 Å². The predicted octanol–water partition coefficient (Wildman–Crippen LogP) is 1.55. The van der Waals surface area contributed by atoms with E-state index in [4.69, 9.17) is 9.47 Å². The quantitative estimate of drug-likeness (QED) is 0.510. The number of aromatic nitrogens is 2. The number of aliphatic hydroxyl groups is 1. The Labute approximate surface area is 174 Å². The summed E-state index contributed by atoms with van der Waals surface area (Å²) in [5.74, 6) is -2.38. The van der Waals surface area contributed by atoms with E-state index in [1.807, 2.05) is 13.8 Å². The number of hydrogen-bond acceptors (Lipinski definition) is 7. The Morgan fingerprint density at radius 1 is 1.33 bits per heavy atom. The number of unbranched alkanes of at least 4 members (excludes halogenated alkanes) is 1. The number of rotatable bonds is 7. The van der Waals surface area contributed by atoms with E-state index in [1.165, 1.54) is 16.8 Å². The molecule has 1 aromatic rings. The third kappa shape index (κ3) is 5.03. The van der Waals surface area contributed by atoms with Crippen molar-refractivity contribution in [1.82, 2.24) is 9.55 Å². The van der Waals surface area contributed by atoms with Gasteiger partial charge >= 0.3 is 11.7 Å². The van der Waals surface area contributed by atoms with E-state index < -0.39 is 41.7 Å². The first-order chi connectivity index (χ1) is 14.4. The molecule has 5 atom stereocenters. The predicted molar refractivity (Wildman–Crippen MR) is 108 cm³/mol. The summed E-state index contributed by atoms with van der Waals surface area (Å²) in [7, 11) is 0. The van der Waals surface area contributed by atoms with Crippen molar-refractivity contribution >= 4 is 17.7 Å². The normalized spacial score (nSPS) is 27.8. The lowest BCUT2D eigenvalue weighted by Crippen LogP contribution is -2.35. The molecular weight excluding hydrogens is 390 g/mol. The average molecular weight is 417 g/mol. The number of anilines is 1. The molecule has 1 fully saturated rings. The lowest BCUT2D eigenvalue weighted by atomic mass is 9.87. The van der Waals surface area contributed by atoms with Gasteiger partial charge in [0.1, 0.15) is 11.9 Å². The first kappa shape index (κ1) is 21.9. The van der Waals surface area contributed by atoms with E-state index in [2.05, 4.69) is 10.3 Å². The summed E-state index contributed by atoms with van der Waals surface area (Å²) >= 11 is 0. The van der Waals surface area contributed by atoms with Crippen LogP contribution < -0.4 is 11.0 Å². The molecule has 3 rings (SSSR count). The molecule has 2 N–H and O–H groups in total. The van der Waals surface area contributed by atoms with Gasteiger partial charge in [-0.25, -0.2) is 4.79 Å². The van der Waals surface area contributed by atoms with Crippen LogP contribution in [0.2, 0.25) is 0 Å². The Morgan fingerprint density at radius 2 is 2.07 bits per heavy atom. The Hall–Kier alpha value is -2.78. The fourth-order valence-electron chi connectivity index (χ4n) is 3.47. The highest BCUT2D eigenvalue weighted by atomic mass is 16.5. The van der Waals surface area contributed by atoms with Crippen molar-refractivity contribution in [3.8, 4) is 0 Å². The van der Waals surface area contributed by atoms with Crippen LogP contribution in [0.15, 0.2) is 41.4 Å². The number of nitrogens with one attached hydrogen (secondary N) is 1. The van der Waals surface area contributed by atoms with Gasteiger partial charge in [-0.1, -0.05) is 37.6 Å². The van der Waals surface area contributed by atoms with E-state index >= 15 is 0 Å². The van der Waals surface area contributed by atoms with Crippen molar-refractivity contribution < 1.29 is 24.2 Å². The standard InChI is InChI=1S/C21H27N3O6/c1-3-4-11-29-20(27)15-8-6-5-7-14(15)18(26)22-17-9-10-24(21(28)23-17)19-16(25)12-13(2)30-19/h5-10,13-16,19,25H,3-4,11-12H2,1-2H3,(H,22,23,26,28)/t13-,14?,15?,16+,19-/m1/s1. The number of aliphatic hydroxyl groups excluding tert-OH is 1. The molecule has 2 heterocycles. The molecule has 9 nitrogen and oxygen atoms in total. The van der Waals surface area contributed by atoms with Crippen LogP contribution in [0.3, 0.4) is 0 Å². The minimum Gasteiger partial charge on any atom is -0.465 e. The van der Waals surface area contributed by atoms with Gasteiger partial charge in [-0.2, -0.15) is 4.98 Å². The van der Waals surface area contributed by atoms with Crippen molar-refractivity contribution in [2.45, 2.75) is 51.5 Å². The fourth-order valence-corrected chi connectivity index (χ4v) is 3.47. The number of ether oxygens (including phenoxy) is 2. The third-order valence-electron chi connectivity index (χ3n) is 5.08. The Bertz CT molecular complexity index is 893. The van der Waals surface area contributed by atoms with E-state index in [0.29, 0.717) is 13.0 Å². The van der Waals surface area contributed by atoms with E-state index in [9.17, 15) is 19.5 Å². The molecule has 0 radical (unpaired) electrons. The van der Waals surface area contributed by atoms with Gasteiger partial charge in [0.2, 0.25) is 5.91 Å². The molecule has 162 valence electrons. The molecule has 0 bridgehead atoms. The molecule has 0 aromatic carbocycles. The number of nitrogens with zero attached hydrogens (tertiary/aromatic N) is 2. The number of carbonyl (C=O) groups excluding carboxylic acids is 2. The Kier molecular flexibility index (Phi) is 7.17. The van der Waals surface area contributed by atoms with Crippen LogP contribution in [0, 0.1) is 11.8 Å². The van der Waals surface area contributed by atoms with E-state index in [-0.39, 0.29) is 11.9 Å². The van der Waals surface area contributed by atoms with Crippen LogP contribution in [0.4, 0.5) is 5.82 Å². The van der Waals surface area contributed by atoms with Crippen LogP contribution in [0.25, 0.3) is 0 Å². The second kappa shape index (κ2) is 9.82. The zero-order valence-electron chi connectivity index (χ0n) is 17.1. The Balaban J connectivity index is 1.68. The maximum atomic E-state index is 12.7. The minimum absolute atomic E-state index is 0.0582. The summed E-state index contributed by atoms with van der Waals surface area (Å²) in [6.07, 6.45) is 8.35. The number of hydrogen-bond donors (Lipinski definition) is 2. The highest BCUT2D eigenvalue weighted by Crippen LogP contribution is 2.27. The van der Waals surface area contributed by atoms with Crippen molar-refractivity contribution in [2.75, 3.05) is 11.9 Å². The second-order valence-corrected chi connectivity index (χ2v) is 7.47. The molecule has 1 aliphatic heterocycles. The van der Waals surface area contributed by atoms with E-state index in [0.717, 1.165) is 12.8 Å². The second-order valence-electron chi connectivity index (χ2n) is 7.47. The van der Waals surface area contributed by atoms with Crippen molar-refractivity contribution in [3.05, 3.63) is 47.1 Å². The number of esters is 1. The third-order valence-corrected chi connectivity index (χ3v) is 5.08. The SMILES string of the molecule is CCCCOC(=O)C1C=CC=CC1C(=O)Nc1ccn([C@@H]2O[C@H](C)C[C@@H]2O)c(=O)n1. The molecule has 1 aliphatic carbocycles. The lowest BCUT2D eigenvalue weighted by Gasteiger charge is -2.22. The average Bonchev–Trinajstić information content (AvgIpc) is 3.06. The van der Waals surface area contributed by atoms with Gasteiger partial charge in [-0.15, -0.1) is 0 Å². The van der Waals surface area contributed by atoms with Crippen molar-refractivity contribution in [1.29, 1.82) is 0 Å².